The van der Waals surface area contributed by atoms with E-state index >= 15 is 0 Å². The number of halogens is 2. The number of nitrogens with one attached hydrogen (secondary N) is 2. The summed E-state index contributed by atoms with van der Waals surface area (Å²) in [5, 5.41) is 7.52. The van der Waals surface area contributed by atoms with E-state index in [0.717, 1.165) is 11.5 Å². The number of ether oxygens (including phenoxy) is 1. The Morgan fingerprint density at radius 2 is 1.90 bits per heavy atom. The van der Waals surface area contributed by atoms with Gasteiger partial charge >= 0.3 is 0 Å². The lowest BCUT2D eigenvalue weighted by atomic mass is 10.2. The lowest BCUT2D eigenvalue weighted by Crippen LogP contribution is -2.14. The summed E-state index contributed by atoms with van der Waals surface area (Å²) in [7, 11) is -3.75. The van der Waals surface area contributed by atoms with E-state index in [4.69, 9.17) is 27.9 Å². The quantitative estimate of drug-likeness (QED) is 0.432. The molecule has 1 aromatic heterocycles. The van der Waals surface area contributed by atoms with Gasteiger partial charge in [-0.1, -0.05) is 27.7 Å². The summed E-state index contributed by atoms with van der Waals surface area (Å²) < 4.78 is 36.1. The molecule has 0 fully saturated rings. The largest absolute Gasteiger partial charge is 0.492 e. The van der Waals surface area contributed by atoms with Crippen molar-refractivity contribution in [2.75, 3.05) is 16.6 Å². The van der Waals surface area contributed by atoms with Crippen molar-refractivity contribution in [1.82, 2.24) is 9.59 Å². The zero-order valence-corrected chi connectivity index (χ0v) is 18.5. The first-order chi connectivity index (χ1) is 14.3. The minimum Gasteiger partial charge on any atom is -0.492 e. The monoisotopic (exact) mass is 486 g/mol. The number of sulfonamides is 1. The number of hydrogen-bond donors (Lipinski definition) is 2. The minimum atomic E-state index is -3.75. The van der Waals surface area contributed by atoms with Crippen molar-refractivity contribution in [2.24, 2.45) is 0 Å². The van der Waals surface area contributed by atoms with Crippen LogP contribution in [0.5, 0.6) is 5.75 Å². The van der Waals surface area contributed by atoms with E-state index in [2.05, 4.69) is 19.6 Å². The van der Waals surface area contributed by atoms with E-state index in [1.807, 2.05) is 0 Å². The fraction of sp³-hybridized carbons (Fsp3) is 0.167. The second-order valence-electron chi connectivity index (χ2n) is 5.99. The van der Waals surface area contributed by atoms with Gasteiger partial charge in [-0.25, -0.2) is 8.42 Å². The first-order valence-electron chi connectivity index (χ1n) is 8.61. The molecule has 3 aromatic rings. The molecule has 0 aliphatic heterocycles. The lowest BCUT2D eigenvalue weighted by molar-refractivity contribution is -0.116. The van der Waals surface area contributed by atoms with Gasteiger partial charge in [0.25, 0.3) is 10.0 Å². The molecule has 0 unspecified atom stereocenters. The smallest absolute Gasteiger partial charge is 0.262 e. The van der Waals surface area contributed by atoms with Crippen molar-refractivity contribution in [3.05, 3.63) is 58.7 Å². The number of hydrogen-bond acceptors (Lipinski definition) is 7. The maximum atomic E-state index is 12.3. The summed E-state index contributed by atoms with van der Waals surface area (Å²) in [5.41, 5.74) is 0.486. The molecule has 30 heavy (non-hydrogen) atoms. The molecule has 3 rings (SSSR count). The number of aromatic nitrogens is 2. The number of nitrogens with zero attached hydrogens (tertiary/aromatic N) is 2. The van der Waals surface area contributed by atoms with E-state index in [1.165, 1.54) is 30.5 Å². The van der Waals surface area contributed by atoms with Gasteiger partial charge in [-0.2, -0.15) is 0 Å². The van der Waals surface area contributed by atoms with E-state index in [1.54, 1.807) is 18.2 Å². The Labute approximate surface area is 187 Å². The van der Waals surface area contributed by atoms with Crippen molar-refractivity contribution < 1.29 is 17.9 Å². The summed E-state index contributed by atoms with van der Waals surface area (Å²) in [6.45, 7) is 0.310. The summed E-state index contributed by atoms with van der Waals surface area (Å²) in [5.74, 6) is 0.284. The molecule has 0 radical (unpaired) electrons. The third-order valence-electron chi connectivity index (χ3n) is 3.74. The van der Waals surface area contributed by atoms with Gasteiger partial charge in [-0.05, 0) is 48.9 Å². The second-order valence-corrected chi connectivity index (χ2v) is 9.30. The fourth-order valence-corrected chi connectivity index (χ4v) is 4.50. The molecule has 0 saturated heterocycles. The Bertz CT molecular complexity index is 1110. The zero-order valence-electron chi connectivity index (χ0n) is 15.3. The van der Waals surface area contributed by atoms with Crippen LogP contribution in [-0.4, -0.2) is 30.5 Å². The highest BCUT2D eigenvalue weighted by atomic mass is 35.5. The molecule has 0 saturated carbocycles. The van der Waals surface area contributed by atoms with Gasteiger partial charge in [-0.3, -0.25) is 9.52 Å². The summed E-state index contributed by atoms with van der Waals surface area (Å²) in [4.78, 5) is 12.1. The van der Waals surface area contributed by atoms with Crippen molar-refractivity contribution in [1.29, 1.82) is 0 Å². The number of carbonyl (C=O) groups is 1. The number of carbonyl (C=O) groups excluding carboxylic acids is 1. The summed E-state index contributed by atoms with van der Waals surface area (Å²) in [6.07, 6.45) is 2.02. The van der Waals surface area contributed by atoms with Gasteiger partial charge in [0.05, 0.1) is 22.7 Å². The van der Waals surface area contributed by atoms with Gasteiger partial charge in [0.15, 0.2) is 0 Å². The first kappa shape index (κ1) is 22.3. The number of amides is 1. The van der Waals surface area contributed by atoms with Crippen molar-refractivity contribution in [2.45, 2.75) is 17.7 Å². The third kappa shape index (κ3) is 6.30. The normalized spacial score (nSPS) is 11.1. The topological polar surface area (TPSA) is 110 Å². The molecule has 0 spiro atoms. The average Bonchev–Trinajstić information content (AvgIpc) is 3.19. The molecular formula is C18H16Cl2N4O4S2. The van der Waals surface area contributed by atoms with Crippen LogP contribution in [0.2, 0.25) is 10.0 Å². The standard InChI is InChI=1S/C18H16Cl2N4O4S2/c19-12-3-8-16(15(20)10-12)28-9-1-2-17(25)22-13-4-6-14(7-5-13)30(26,27)23-18-11-21-24-29-18/h3-8,10-11,23H,1-2,9H2,(H,22,25). The SMILES string of the molecule is O=C(CCCOc1ccc(Cl)cc1Cl)Nc1ccc(S(=O)(=O)Nc2cnns2)cc1. The Kier molecular flexibility index (Phi) is 7.48. The third-order valence-corrected chi connectivity index (χ3v) is 6.37. The highest BCUT2D eigenvalue weighted by Crippen LogP contribution is 2.27. The van der Waals surface area contributed by atoms with Crippen LogP contribution < -0.4 is 14.8 Å². The highest BCUT2D eigenvalue weighted by molar-refractivity contribution is 7.93. The number of anilines is 2. The van der Waals surface area contributed by atoms with Crippen LogP contribution in [0.15, 0.2) is 53.6 Å². The van der Waals surface area contributed by atoms with E-state index in [-0.39, 0.29) is 17.2 Å². The maximum Gasteiger partial charge on any atom is 0.262 e. The predicted octanol–water partition coefficient (Wildman–Crippen LogP) is 4.44. The molecule has 0 aliphatic rings. The Balaban J connectivity index is 1.46. The van der Waals surface area contributed by atoms with Gasteiger partial charge in [-0.15, -0.1) is 5.10 Å². The van der Waals surface area contributed by atoms with Crippen LogP contribution >= 0.6 is 34.7 Å². The van der Waals surface area contributed by atoms with E-state index in [0.29, 0.717) is 39.5 Å². The van der Waals surface area contributed by atoms with Gasteiger partial charge in [0, 0.05) is 28.7 Å². The summed E-state index contributed by atoms with van der Waals surface area (Å²) in [6, 6.07) is 10.8. The van der Waals surface area contributed by atoms with Crippen LogP contribution in [0.25, 0.3) is 0 Å². The molecule has 0 atom stereocenters. The predicted molar refractivity (Wildman–Crippen MR) is 117 cm³/mol. The first-order valence-corrected chi connectivity index (χ1v) is 11.6. The molecule has 0 aliphatic carbocycles. The van der Waals surface area contributed by atoms with Crippen LogP contribution in [0, 0.1) is 0 Å². The molecule has 1 amide bonds. The van der Waals surface area contributed by atoms with E-state index < -0.39 is 10.0 Å². The van der Waals surface area contributed by atoms with Gasteiger partial charge < -0.3 is 10.1 Å². The van der Waals surface area contributed by atoms with Crippen LogP contribution in [0.3, 0.4) is 0 Å². The maximum absolute atomic E-state index is 12.3. The van der Waals surface area contributed by atoms with Crippen LogP contribution in [-0.2, 0) is 14.8 Å². The van der Waals surface area contributed by atoms with Gasteiger partial charge in [0.1, 0.15) is 10.8 Å². The van der Waals surface area contributed by atoms with Crippen LogP contribution in [0.1, 0.15) is 12.8 Å². The minimum absolute atomic E-state index is 0.0575. The van der Waals surface area contributed by atoms with Crippen molar-refractivity contribution >= 4 is 61.4 Å². The Morgan fingerprint density at radius 1 is 1.13 bits per heavy atom. The molecule has 0 bridgehead atoms. The van der Waals surface area contributed by atoms with Crippen molar-refractivity contribution in [3.8, 4) is 5.75 Å². The molecular weight excluding hydrogens is 471 g/mol. The molecule has 12 heteroatoms. The fourth-order valence-electron chi connectivity index (χ4n) is 2.35. The molecule has 2 N–H and O–H groups in total. The Morgan fingerprint density at radius 3 is 2.57 bits per heavy atom. The lowest BCUT2D eigenvalue weighted by Gasteiger charge is -2.09. The second kappa shape index (κ2) is 10.1. The van der Waals surface area contributed by atoms with Gasteiger partial charge in [0.2, 0.25) is 5.91 Å². The zero-order chi connectivity index (χ0) is 21.6. The Hall–Kier alpha value is -2.40. The summed E-state index contributed by atoms with van der Waals surface area (Å²) >= 11 is 12.8. The molecule has 1 heterocycles. The number of rotatable bonds is 9. The van der Waals surface area contributed by atoms with Crippen LogP contribution in [0.4, 0.5) is 10.7 Å². The van der Waals surface area contributed by atoms with E-state index in [9.17, 15) is 13.2 Å². The highest BCUT2D eigenvalue weighted by Gasteiger charge is 2.15. The molecule has 2 aromatic carbocycles. The number of benzene rings is 2. The van der Waals surface area contributed by atoms with Crippen molar-refractivity contribution in [3.63, 3.8) is 0 Å². The molecule has 8 nitrogen and oxygen atoms in total. The average molecular weight is 487 g/mol. The molecule has 158 valence electrons.